The number of rotatable bonds is 9. The van der Waals surface area contributed by atoms with E-state index in [4.69, 9.17) is 0 Å². The Morgan fingerprint density at radius 3 is 1.66 bits per heavy atom. The van der Waals surface area contributed by atoms with E-state index in [1.54, 1.807) is 6.42 Å². The van der Waals surface area contributed by atoms with Crippen molar-refractivity contribution in [2.24, 2.45) is 92.7 Å². The van der Waals surface area contributed by atoms with Gasteiger partial charge in [-0.3, -0.25) is 0 Å². The van der Waals surface area contributed by atoms with Crippen LogP contribution in [-0.4, -0.2) is 13.6 Å². The van der Waals surface area contributed by atoms with E-state index >= 15 is 0 Å². The van der Waals surface area contributed by atoms with Gasteiger partial charge in [0.1, 0.15) is 0 Å². The Balaban J connectivity index is 0.000000817. The molecule has 0 spiro atoms. The van der Waals surface area contributed by atoms with E-state index in [2.05, 4.69) is 79.8 Å². The second-order valence-electron chi connectivity index (χ2n) is 22.9. The lowest BCUT2D eigenvalue weighted by Crippen LogP contribution is -2.51. The summed E-state index contributed by atoms with van der Waals surface area (Å²) < 4.78 is 0. The van der Waals surface area contributed by atoms with Crippen LogP contribution in [-0.2, 0) is 0 Å². The monoisotopic (exact) mass is 728 g/mol. The molecule has 0 heterocycles. The van der Waals surface area contributed by atoms with Crippen LogP contribution in [0.3, 0.4) is 0 Å². The number of allylic oxidation sites excluding steroid dienone is 4. The first-order valence-electron chi connectivity index (χ1n) is 24.4. The molecule has 1 heteroatoms. The van der Waals surface area contributed by atoms with Gasteiger partial charge < -0.3 is 5.32 Å². The van der Waals surface area contributed by atoms with Gasteiger partial charge in [0.15, 0.2) is 0 Å². The van der Waals surface area contributed by atoms with E-state index in [9.17, 15) is 0 Å². The molecule has 8 aliphatic carbocycles. The van der Waals surface area contributed by atoms with Crippen molar-refractivity contribution in [2.75, 3.05) is 13.6 Å². The summed E-state index contributed by atoms with van der Waals surface area (Å²) in [6.45, 7) is 24.7. The van der Waals surface area contributed by atoms with E-state index in [1.807, 2.05) is 18.2 Å². The highest BCUT2D eigenvalue weighted by atomic mass is 14.8. The van der Waals surface area contributed by atoms with E-state index in [-0.39, 0.29) is 0 Å². The van der Waals surface area contributed by atoms with E-state index in [0.29, 0.717) is 21.7 Å². The van der Waals surface area contributed by atoms with E-state index in [0.717, 1.165) is 77.6 Å². The van der Waals surface area contributed by atoms with Crippen molar-refractivity contribution < 1.29 is 0 Å². The smallest absolute Gasteiger partial charge is 0.00546 e. The van der Waals surface area contributed by atoms with Gasteiger partial charge in [-0.05, 0) is 222 Å². The summed E-state index contributed by atoms with van der Waals surface area (Å²) in [5, 5.41) is 3.02. The molecule has 8 aliphatic rings. The summed E-state index contributed by atoms with van der Waals surface area (Å²) in [6, 6.07) is 0. The molecule has 16 atom stereocenters. The minimum Gasteiger partial charge on any atom is -0.320 e. The van der Waals surface area contributed by atoms with Crippen molar-refractivity contribution in [3.8, 4) is 0 Å². The Kier molecular flexibility index (Phi) is 12.3. The van der Waals surface area contributed by atoms with Crippen molar-refractivity contribution in [3.63, 3.8) is 0 Å². The van der Waals surface area contributed by atoms with Gasteiger partial charge in [0, 0.05) is 0 Å². The van der Waals surface area contributed by atoms with Gasteiger partial charge in [0.05, 0.1) is 0 Å². The standard InChI is InChI=1S/C48H78.C4H11N/c1-9-10-11-34-21-25-46(6)36(30-34)13-15-38-42-19-17-40(48(42,8)27-23-44(38)46)33(4)29-32(3)39-16-18-41-37-14-12-35-28-31(2)20-24-45(35,5)43(37)22-26-47(39,41)7;1-3-4-5-2/h12-13,31-34,37-44H,9-11,14-30H2,1-8H3;5H,3-4H2,1-2H3/t31-,32+,33+,34-,37-,38-,39?,40?,41-,42-,43?,44?,45?,46?,47?,48?;/m0./s1. The molecule has 6 saturated carbocycles. The van der Waals surface area contributed by atoms with E-state index in [1.165, 1.54) is 128 Å². The number of fused-ring (bicyclic) bond motifs is 10. The molecule has 0 amide bonds. The normalized spacial score (nSPS) is 48.3. The minimum absolute atomic E-state index is 0.529. The molecule has 1 nitrogen and oxygen atoms in total. The number of hydrogen-bond donors (Lipinski definition) is 1. The van der Waals surface area contributed by atoms with Crippen LogP contribution >= 0.6 is 0 Å². The number of nitrogens with one attached hydrogen (secondary N) is 1. The maximum absolute atomic E-state index is 3.02. The maximum atomic E-state index is 3.02. The topological polar surface area (TPSA) is 12.0 Å². The summed E-state index contributed by atoms with van der Waals surface area (Å²) in [6.07, 6.45) is 36.6. The van der Waals surface area contributed by atoms with Gasteiger partial charge in [0.25, 0.3) is 0 Å². The maximum Gasteiger partial charge on any atom is -0.00546 e. The van der Waals surface area contributed by atoms with E-state index < -0.39 is 0 Å². The quantitative estimate of drug-likeness (QED) is 0.233. The molecule has 0 aromatic carbocycles. The van der Waals surface area contributed by atoms with Crippen LogP contribution in [0.5, 0.6) is 0 Å². The summed E-state index contributed by atoms with van der Waals surface area (Å²) >= 11 is 0. The molecule has 0 saturated heterocycles. The van der Waals surface area contributed by atoms with Gasteiger partial charge in [-0.1, -0.05) is 105 Å². The zero-order chi connectivity index (χ0) is 37.8. The third kappa shape index (κ3) is 7.06. The van der Waals surface area contributed by atoms with Crippen LogP contribution in [0.1, 0.15) is 197 Å². The zero-order valence-electron chi connectivity index (χ0n) is 37.1. The Hall–Kier alpha value is -0.560. The fraction of sp³-hybridized carbons (Fsp3) is 0.923. The lowest BCUT2D eigenvalue weighted by Gasteiger charge is -2.59. The molecule has 0 bridgehead atoms. The molecule has 0 aliphatic heterocycles. The van der Waals surface area contributed by atoms with Crippen molar-refractivity contribution in [1.29, 1.82) is 0 Å². The van der Waals surface area contributed by atoms with Crippen LogP contribution in [0.4, 0.5) is 0 Å². The third-order valence-corrected chi connectivity index (χ3v) is 20.3. The summed E-state index contributed by atoms with van der Waals surface area (Å²) in [5.74, 6) is 11.5. The molecule has 8 rings (SSSR count). The third-order valence-electron chi connectivity index (χ3n) is 20.3. The zero-order valence-corrected chi connectivity index (χ0v) is 37.1. The van der Waals surface area contributed by atoms with Gasteiger partial charge in [-0.15, -0.1) is 0 Å². The molecular formula is C52H89N. The van der Waals surface area contributed by atoms with Gasteiger partial charge in [-0.2, -0.15) is 0 Å². The highest BCUT2D eigenvalue weighted by molar-refractivity contribution is 5.26. The van der Waals surface area contributed by atoms with Crippen LogP contribution < -0.4 is 5.32 Å². The van der Waals surface area contributed by atoms with Gasteiger partial charge in [0.2, 0.25) is 0 Å². The predicted octanol–water partition coefficient (Wildman–Crippen LogP) is 14.9. The van der Waals surface area contributed by atoms with Gasteiger partial charge >= 0.3 is 0 Å². The van der Waals surface area contributed by atoms with Crippen molar-refractivity contribution in [1.82, 2.24) is 5.32 Å². The van der Waals surface area contributed by atoms with Crippen LogP contribution in [0, 0.1) is 92.7 Å². The molecule has 0 aromatic heterocycles. The highest BCUT2D eigenvalue weighted by Crippen LogP contribution is 2.70. The average Bonchev–Trinajstić information content (AvgIpc) is 3.68. The van der Waals surface area contributed by atoms with Crippen LogP contribution in [0.2, 0.25) is 0 Å². The SMILES string of the molecule is CCCC[C@H]1CCC2(C)C(=CC[C@@H]3C2CCC2(C)C([C@H](C)C[C@@H](C)C4CC[C@H]5[C@@H]6CC=C7C[C@@H](C)CCC7(C)C6CCC45C)CC[C@@H]32)C1.CCCNC. The second-order valence-corrected chi connectivity index (χ2v) is 22.9. The van der Waals surface area contributed by atoms with Crippen molar-refractivity contribution >= 4 is 0 Å². The largest absolute Gasteiger partial charge is 0.320 e. The minimum atomic E-state index is 0.529. The molecule has 53 heavy (non-hydrogen) atoms. The summed E-state index contributed by atoms with van der Waals surface area (Å²) in [5.41, 5.74) is 6.06. The molecule has 1 N–H and O–H groups in total. The predicted molar refractivity (Wildman–Crippen MR) is 230 cm³/mol. The lowest BCUT2D eigenvalue weighted by molar-refractivity contribution is -0.0618. The average molecular weight is 728 g/mol. The molecule has 6 fully saturated rings. The van der Waals surface area contributed by atoms with Crippen LogP contribution in [0.25, 0.3) is 0 Å². The summed E-state index contributed by atoms with van der Waals surface area (Å²) in [4.78, 5) is 0. The Morgan fingerprint density at radius 2 is 1.17 bits per heavy atom. The lowest BCUT2D eigenvalue weighted by atomic mass is 9.46. The fourth-order valence-electron chi connectivity index (χ4n) is 17.4. The van der Waals surface area contributed by atoms with Gasteiger partial charge in [-0.25, -0.2) is 0 Å². The Labute approximate surface area is 330 Å². The molecular weight excluding hydrogens is 639 g/mol. The second kappa shape index (κ2) is 16.0. The molecule has 8 unspecified atom stereocenters. The van der Waals surface area contributed by atoms with Crippen LogP contribution in [0.15, 0.2) is 23.3 Å². The first kappa shape index (κ1) is 40.6. The first-order chi connectivity index (χ1) is 25.3. The number of unbranched alkanes of at least 4 members (excludes halogenated alkanes) is 1. The summed E-state index contributed by atoms with van der Waals surface area (Å²) in [7, 11) is 1.96. The Bertz CT molecular complexity index is 1310. The first-order valence-corrected chi connectivity index (χ1v) is 24.4. The molecule has 0 radical (unpaired) electrons. The molecule has 0 aromatic rings. The van der Waals surface area contributed by atoms with Crippen molar-refractivity contribution in [2.45, 2.75) is 197 Å². The number of hydrogen-bond acceptors (Lipinski definition) is 1. The fourth-order valence-corrected chi connectivity index (χ4v) is 17.4. The Morgan fingerprint density at radius 1 is 0.642 bits per heavy atom. The van der Waals surface area contributed by atoms with Crippen molar-refractivity contribution in [3.05, 3.63) is 23.3 Å². The highest BCUT2D eigenvalue weighted by Gasteiger charge is 2.61. The molecule has 302 valence electrons.